The van der Waals surface area contributed by atoms with Crippen LogP contribution in [0.3, 0.4) is 0 Å². The number of benzene rings is 2. The largest absolute Gasteiger partial charge is 0.394 e. The lowest BCUT2D eigenvalue weighted by Crippen LogP contribution is -2.55. The van der Waals surface area contributed by atoms with Gasteiger partial charge in [-0.1, -0.05) is 30.4 Å². The van der Waals surface area contributed by atoms with Crippen molar-refractivity contribution in [1.29, 1.82) is 0 Å². The molecule has 0 bridgehead atoms. The molecular formula is C24H28N2O7. The van der Waals surface area contributed by atoms with Crippen LogP contribution in [-0.2, 0) is 4.74 Å². The summed E-state index contributed by atoms with van der Waals surface area (Å²) in [5, 5.41) is 44.9. The first-order chi connectivity index (χ1) is 15.8. The molecule has 3 rings (SSSR count). The van der Waals surface area contributed by atoms with Gasteiger partial charge in [0.25, 0.3) is 11.8 Å². The number of hydrogen-bond donors (Lipinski definition) is 6. The minimum Gasteiger partial charge on any atom is -0.394 e. The summed E-state index contributed by atoms with van der Waals surface area (Å²) >= 11 is 0. The Bertz CT molecular complexity index is 1000. The van der Waals surface area contributed by atoms with Gasteiger partial charge in [0.2, 0.25) is 0 Å². The van der Waals surface area contributed by atoms with Gasteiger partial charge in [-0.15, -0.1) is 0 Å². The molecule has 176 valence electrons. The molecule has 0 aliphatic carbocycles. The van der Waals surface area contributed by atoms with E-state index in [1.807, 2.05) is 6.07 Å². The van der Waals surface area contributed by atoms with Crippen LogP contribution in [0.1, 0.15) is 43.5 Å². The van der Waals surface area contributed by atoms with Gasteiger partial charge in [-0.05, 0) is 41.0 Å². The maximum absolute atomic E-state index is 12.1. The highest BCUT2D eigenvalue weighted by Gasteiger charge is 2.43. The second-order valence-corrected chi connectivity index (χ2v) is 7.75. The summed E-state index contributed by atoms with van der Waals surface area (Å²) in [5.74, 6) is -0.639. The van der Waals surface area contributed by atoms with Crippen LogP contribution in [0.25, 0.3) is 12.2 Å². The van der Waals surface area contributed by atoms with Crippen LogP contribution in [0, 0.1) is 0 Å². The van der Waals surface area contributed by atoms with E-state index in [1.165, 1.54) is 20.2 Å². The van der Waals surface area contributed by atoms with Gasteiger partial charge in [-0.25, -0.2) is 0 Å². The molecule has 33 heavy (non-hydrogen) atoms. The molecule has 9 heteroatoms. The number of amides is 2. The molecule has 5 atom stereocenters. The third-order valence-corrected chi connectivity index (χ3v) is 5.53. The van der Waals surface area contributed by atoms with Crippen molar-refractivity contribution in [2.24, 2.45) is 0 Å². The van der Waals surface area contributed by atoms with E-state index in [0.717, 1.165) is 5.56 Å². The van der Waals surface area contributed by atoms with Crippen molar-refractivity contribution < 1.29 is 34.8 Å². The molecule has 1 saturated heterocycles. The first-order valence-electron chi connectivity index (χ1n) is 10.5. The molecule has 0 radical (unpaired) electrons. The summed E-state index contributed by atoms with van der Waals surface area (Å²) in [5.41, 5.74) is 2.60. The first kappa shape index (κ1) is 24.6. The number of ether oxygens (including phenoxy) is 1. The zero-order chi connectivity index (χ0) is 24.1. The Morgan fingerprint density at radius 1 is 0.879 bits per heavy atom. The van der Waals surface area contributed by atoms with Crippen LogP contribution in [0.2, 0.25) is 0 Å². The van der Waals surface area contributed by atoms with Gasteiger partial charge in [0, 0.05) is 25.2 Å². The summed E-state index contributed by atoms with van der Waals surface area (Å²) < 4.78 is 5.62. The van der Waals surface area contributed by atoms with E-state index in [2.05, 4.69) is 10.6 Å². The van der Waals surface area contributed by atoms with Crippen LogP contribution in [-0.4, -0.2) is 77.4 Å². The lowest BCUT2D eigenvalue weighted by Gasteiger charge is -2.40. The zero-order valence-corrected chi connectivity index (χ0v) is 18.3. The van der Waals surface area contributed by atoms with Crippen LogP contribution >= 0.6 is 0 Å². The van der Waals surface area contributed by atoms with E-state index in [-0.39, 0.29) is 11.8 Å². The number of hydrogen-bond acceptors (Lipinski definition) is 7. The topological polar surface area (TPSA) is 148 Å². The SMILES string of the molecule is CNC(=O)c1cc(/C=C/c2cccc([C@H]3O[C@H](CO)[C@@H](O)[C@H](O)[C@@H]3O)c2)cc(C(=O)NC)c1. The van der Waals surface area contributed by atoms with Crippen LogP contribution in [0.4, 0.5) is 0 Å². The molecule has 0 spiro atoms. The first-order valence-corrected chi connectivity index (χ1v) is 10.5. The van der Waals surface area contributed by atoms with Gasteiger partial charge in [-0.3, -0.25) is 9.59 Å². The second-order valence-electron chi connectivity index (χ2n) is 7.75. The molecule has 9 nitrogen and oxygen atoms in total. The molecular weight excluding hydrogens is 428 g/mol. The van der Waals surface area contributed by atoms with E-state index in [4.69, 9.17) is 4.74 Å². The molecule has 0 aromatic heterocycles. The second kappa shape index (κ2) is 10.7. The molecule has 2 aromatic carbocycles. The van der Waals surface area contributed by atoms with Gasteiger partial charge in [0.15, 0.2) is 0 Å². The Hall–Kier alpha value is -3.08. The van der Waals surface area contributed by atoms with Gasteiger partial charge in [0.1, 0.15) is 30.5 Å². The van der Waals surface area contributed by atoms with Crippen LogP contribution in [0.15, 0.2) is 42.5 Å². The molecule has 2 amide bonds. The van der Waals surface area contributed by atoms with E-state index in [0.29, 0.717) is 22.3 Å². The van der Waals surface area contributed by atoms with Crippen molar-refractivity contribution in [3.63, 3.8) is 0 Å². The van der Waals surface area contributed by atoms with Crippen molar-refractivity contribution in [2.45, 2.75) is 30.5 Å². The standard InChI is InChI=1S/C24H28N2O7/c1-25-23(31)16-9-14(10-17(11-16)24(32)26-2)7-6-13-4-3-5-15(8-13)22-21(30)20(29)19(28)18(12-27)33-22/h3-11,18-22,27-30H,12H2,1-2H3,(H,25,31)(H,26,32)/b7-6+/t18-,19-,20+,21+,22-/m1/s1. The quantitative estimate of drug-likeness (QED) is 0.338. The number of nitrogens with one attached hydrogen (secondary N) is 2. The minimum absolute atomic E-state index is 0.319. The summed E-state index contributed by atoms with van der Waals surface area (Å²) in [6, 6.07) is 11.8. The molecule has 2 aromatic rings. The molecule has 1 fully saturated rings. The summed E-state index contributed by atoms with van der Waals surface area (Å²) in [6.07, 6.45) is -2.69. The number of rotatable bonds is 6. The number of carbonyl (C=O) groups excluding carboxylic acids is 2. The third-order valence-electron chi connectivity index (χ3n) is 5.53. The van der Waals surface area contributed by atoms with Crippen molar-refractivity contribution in [3.05, 3.63) is 70.3 Å². The van der Waals surface area contributed by atoms with Gasteiger partial charge in [0.05, 0.1) is 6.61 Å². The minimum atomic E-state index is -1.46. The molecule has 6 N–H and O–H groups in total. The molecule has 1 aliphatic heterocycles. The Labute approximate surface area is 191 Å². The number of aliphatic hydroxyl groups excluding tert-OH is 4. The predicted octanol–water partition coefficient (Wildman–Crippen LogP) is 0.0911. The van der Waals surface area contributed by atoms with Crippen molar-refractivity contribution in [2.75, 3.05) is 20.7 Å². The predicted molar refractivity (Wildman–Crippen MR) is 121 cm³/mol. The van der Waals surface area contributed by atoms with Crippen molar-refractivity contribution in [1.82, 2.24) is 10.6 Å². The number of aliphatic hydroxyl groups is 4. The maximum Gasteiger partial charge on any atom is 0.251 e. The highest BCUT2D eigenvalue weighted by atomic mass is 16.5. The van der Waals surface area contributed by atoms with Crippen molar-refractivity contribution >= 4 is 24.0 Å². The van der Waals surface area contributed by atoms with Crippen LogP contribution < -0.4 is 10.6 Å². The van der Waals surface area contributed by atoms with E-state index in [1.54, 1.807) is 42.5 Å². The van der Waals surface area contributed by atoms with Crippen molar-refractivity contribution in [3.8, 4) is 0 Å². The monoisotopic (exact) mass is 456 g/mol. The Kier molecular flexibility index (Phi) is 7.96. The fourth-order valence-electron chi connectivity index (χ4n) is 3.71. The third kappa shape index (κ3) is 5.47. The Morgan fingerprint density at radius 2 is 1.48 bits per heavy atom. The van der Waals surface area contributed by atoms with Gasteiger partial charge >= 0.3 is 0 Å². The molecule has 1 heterocycles. The Balaban J connectivity index is 1.89. The van der Waals surface area contributed by atoms with E-state index in [9.17, 15) is 30.0 Å². The lowest BCUT2D eigenvalue weighted by atomic mass is 9.90. The summed E-state index contributed by atoms with van der Waals surface area (Å²) in [4.78, 5) is 24.2. The zero-order valence-electron chi connectivity index (χ0n) is 18.3. The van der Waals surface area contributed by atoms with Gasteiger partial charge in [-0.2, -0.15) is 0 Å². The highest BCUT2D eigenvalue weighted by molar-refractivity contribution is 6.00. The summed E-state index contributed by atoms with van der Waals surface area (Å²) in [6.45, 7) is -0.504. The highest BCUT2D eigenvalue weighted by Crippen LogP contribution is 2.32. The molecule has 1 aliphatic rings. The summed E-state index contributed by atoms with van der Waals surface area (Å²) in [7, 11) is 3.02. The van der Waals surface area contributed by atoms with E-state index >= 15 is 0 Å². The number of carbonyl (C=O) groups is 2. The normalized spacial score (nSPS) is 25.1. The fraction of sp³-hybridized carbons (Fsp3) is 0.333. The smallest absolute Gasteiger partial charge is 0.251 e. The van der Waals surface area contributed by atoms with Gasteiger partial charge < -0.3 is 35.8 Å². The lowest BCUT2D eigenvalue weighted by molar-refractivity contribution is -0.231. The average molecular weight is 456 g/mol. The molecule has 0 saturated carbocycles. The molecule has 0 unspecified atom stereocenters. The van der Waals surface area contributed by atoms with E-state index < -0.39 is 37.1 Å². The average Bonchev–Trinajstić information content (AvgIpc) is 2.85. The maximum atomic E-state index is 12.1. The fourth-order valence-corrected chi connectivity index (χ4v) is 3.71. The Morgan fingerprint density at radius 3 is 2.06 bits per heavy atom. The van der Waals surface area contributed by atoms with Crippen LogP contribution in [0.5, 0.6) is 0 Å².